The van der Waals surface area contributed by atoms with Gasteiger partial charge in [0.15, 0.2) is 6.29 Å². The minimum absolute atomic E-state index is 0.764. The average molecular weight is 172 g/mol. The second-order valence-electron chi connectivity index (χ2n) is 3.44. The van der Waals surface area contributed by atoms with Crippen LogP contribution >= 0.6 is 0 Å². The normalized spacial score (nSPS) is 16.3. The first-order chi connectivity index (χ1) is 6.40. The summed E-state index contributed by atoms with van der Waals surface area (Å²) in [6.07, 6.45) is 7.77. The van der Waals surface area contributed by atoms with Gasteiger partial charge in [0.25, 0.3) is 0 Å². The van der Waals surface area contributed by atoms with Gasteiger partial charge in [-0.05, 0) is 24.3 Å². The Morgan fingerprint density at radius 1 is 1.15 bits per heavy atom. The minimum atomic E-state index is 0.764. The maximum Gasteiger partial charge on any atom is 0.150 e. The number of rotatable bonds is 3. The quantitative estimate of drug-likeness (QED) is 0.641. The highest BCUT2D eigenvalue weighted by atomic mass is 16.1. The zero-order chi connectivity index (χ0) is 9.10. The predicted molar refractivity (Wildman–Crippen MR) is 53.6 cm³/mol. The van der Waals surface area contributed by atoms with Crippen molar-refractivity contribution < 1.29 is 4.79 Å². The van der Waals surface area contributed by atoms with Crippen molar-refractivity contribution in [2.75, 3.05) is 0 Å². The molecule has 1 aliphatic rings. The third kappa shape index (κ3) is 2.05. The Morgan fingerprint density at radius 2 is 1.85 bits per heavy atom. The highest BCUT2D eigenvalue weighted by molar-refractivity contribution is 5.81. The van der Waals surface area contributed by atoms with E-state index in [1.165, 1.54) is 12.8 Å². The number of aldehydes is 1. The molecule has 0 radical (unpaired) electrons. The average Bonchev–Trinajstić information content (AvgIpc) is 2.99. The molecule has 1 aliphatic carbocycles. The van der Waals surface area contributed by atoms with Crippen molar-refractivity contribution in [1.29, 1.82) is 0 Å². The molecule has 0 atom stereocenters. The van der Waals surface area contributed by atoms with Crippen LogP contribution in [0.2, 0.25) is 0 Å². The molecule has 1 nitrogen and oxygen atoms in total. The standard InChI is InChI=1S/C12H12O/c13-9-12-4-2-1-3-11(12)8-7-10-5-6-10/h1-4,7-10H,5-6H2/b8-7+. The van der Waals surface area contributed by atoms with E-state index < -0.39 is 0 Å². The van der Waals surface area contributed by atoms with E-state index in [0.717, 1.165) is 23.3 Å². The molecule has 1 aromatic rings. The Balaban J connectivity index is 2.21. The van der Waals surface area contributed by atoms with E-state index in [0.29, 0.717) is 0 Å². The van der Waals surface area contributed by atoms with Crippen molar-refractivity contribution >= 4 is 12.4 Å². The van der Waals surface area contributed by atoms with Crippen LogP contribution in [0.15, 0.2) is 30.3 Å². The minimum Gasteiger partial charge on any atom is -0.298 e. The molecule has 0 N–H and O–H groups in total. The van der Waals surface area contributed by atoms with Gasteiger partial charge in [-0.25, -0.2) is 0 Å². The maximum atomic E-state index is 10.7. The van der Waals surface area contributed by atoms with Gasteiger partial charge in [0.1, 0.15) is 0 Å². The molecular formula is C12H12O. The molecule has 0 bridgehead atoms. The van der Waals surface area contributed by atoms with E-state index in [1.54, 1.807) is 0 Å². The van der Waals surface area contributed by atoms with Crippen molar-refractivity contribution in [1.82, 2.24) is 0 Å². The number of benzene rings is 1. The van der Waals surface area contributed by atoms with Gasteiger partial charge < -0.3 is 0 Å². The molecule has 13 heavy (non-hydrogen) atoms. The summed E-state index contributed by atoms with van der Waals surface area (Å²) in [6, 6.07) is 7.67. The number of carbonyl (C=O) groups is 1. The summed E-state index contributed by atoms with van der Waals surface area (Å²) in [5.74, 6) is 0.764. The summed E-state index contributed by atoms with van der Waals surface area (Å²) in [5.41, 5.74) is 1.81. The molecule has 0 amide bonds. The summed E-state index contributed by atoms with van der Waals surface area (Å²) < 4.78 is 0. The molecule has 1 saturated carbocycles. The van der Waals surface area contributed by atoms with Gasteiger partial charge >= 0.3 is 0 Å². The Hall–Kier alpha value is -1.37. The van der Waals surface area contributed by atoms with Crippen molar-refractivity contribution in [3.8, 4) is 0 Å². The van der Waals surface area contributed by atoms with Gasteiger partial charge in [0, 0.05) is 5.56 Å². The van der Waals surface area contributed by atoms with E-state index in [9.17, 15) is 4.79 Å². The Kier molecular flexibility index (Phi) is 2.26. The van der Waals surface area contributed by atoms with Crippen molar-refractivity contribution in [3.63, 3.8) is 0 Å². The van der Waals surface area contributed by atoms with Gasteiger partial charge in [-0.2, -0.15) is 0 Å². The van der Waals surface area contributed by atoms with Crippen LogP contribution in [-0.2, 0) is 0 Å². The molecular weight excluding hydrogens is 160 g/mol. The van der Waals surface area contributed by atoms with Crippen LogP contribution in [-0.4, -0.2) is 6.29 Å². The third-order valence-electron chi connectivity index (χ3n) is 2.29. The molecule has 0 unspecified atom stereocenters. The number of hydrogen-bond donors (Lipinski definition) is 0. The predicted octanol–water partition coefficient (Wildman–Crippen LogP) is 2.92. The fraction of sp³-hybridized carbons (Fsp3) is 0.250. The summed E-state index contributed by atoms with van der Waals surface area (Å²) in [6.45, 7) is 0. The molecule has 0 saturated heterocycles. The monoisotopic (exact) mass is 172 g/mol. The highest BCUT2D eigenvalue weighted by Gasteiger charge is 2.16. The van der Waals surface area contributed by atoms with E-state index >= 15 is 0 Å². The highest BCUT2D eigenvalue weighted by Crippen LogP contribution is 2.30. The lowest BCUT2D eigenvalue weighted by molar-refractivity contribution is 0.112. The fourth-order valence-electron chi connectivity index (χ4n) is 1.30. The van der Waals surface area contributed by atoms with Crippen LogP contribution in [0.1, 0.15) is 28.8 Å². The zero-order valence-corrected chi connectivity index (χ0v) is 7.44. The van der Waals surface area contributed by atoms with Gasteiger partial charge in [-0.3, -0.25) is 4.79 Å². The Morgan fingerprint density at radius 3 is 2.46 bits per heavy atom. The van der Waals surface area contributed by atoms with E-state index in [4.69, 9.17) is 0 Å². The summed E-state index contributed by atoms with van der Waals surface area (Å²) >= 11 is 0. The fourth-order valence-corrected chi connectivity index (χ4v) is 1.30. The van der Waals surface area contributed by atoms with Crippen molar-refractivity contribution in [3.05, 3.63) is 41.5 Å². The summed E-state index contributed by atoms with van der Waals surface area (Å²) in [4.78, 5) is 10.7. The Bertz CT molecular complexity index is 335. The topological polar surface area (TPSA) is 17.1 Å². The molecule has 0 heterocycles. The second-order valence-corrected chi connectivity index (χ2v) is 3.44. The van der Waals surface area contributed by atoms with Crippen LogP contribution in [0.25, 0.3) is 6.08 Å². The molecule has 0 spiro atoms. The van der Waals surface area contributed by atoms with Crippen molar-refractivity contribution in [2.45, 2.75) is 12.8 Å². The molecule has 66 valence electrons. The second kappa shape index (κ2) is 3.56. The van der Waals surface area contributed by atoms with Crippen molar-refractivity contribution in [2.24, 2.45) is 5.92 Å². The smallest absolute Gasteiger partial charge is 0.150 e. The molecule has 2 rings (SSSR count). The maximum absolute atomic E-state index is 10.7. The first-order valence-corrected chi connectivity index (χ1v) is 4.62. The number of allylic oxidation sites excluding steroid dienone is 1. The summed E-state index contributed by atoms with van der Waals surface area (Å²) in [5, 5.41) is 0. The van der Waals surface area contributed by atoms with Crippen LogP contribution in [0, 0.1) is 5.92 Å². The molecule has 1 heteroatoms. The number of hydrogen-bond acceptors (Lipinski definition) is 1. The molecule has 0 aliphatic heterocycles. The van der Waals surface area contributed by atoms with Gasteiger partial charge in [0.2, 0.25) is 0 Å². The van der Waals surface area contributed by atoms with Crippen LogP contribution < -0.4 is 0 Å². The molecule has 1 fully saturated rings. The lowest BCUT2D eigenvalue weighted by atomic mass is 10.1. The third-order valence-corrected chi connectivity index (χ3v) is 2.29. The summed E-state index contributed by atoms with van der Waals surface area (Å²) in [7, 11) is 0. The Labute approximate surface area is 78.1 Å². The van der Waals surface area contributed by atoms with E-state index in [1.807, 2.05) is 24.3 Å². The van der Waals surface area contributed by atoms with Crippen LogP contribution in [0.5, 0.6) is 0 Å². The SMILES string of the molecule is O=Cc1ccccc1/C=C/C1CC1. The first-order valence-electron chi connectivity index (χ1n) is 4.62. The zero-order valence-electron chi connectivity index (χ0n) is 7.44. The van der Waals surface area contributed by atoms with Gasteiger partial charge in [-0.1, -0.05) is 36.4 Å². The number of carbonyl (C=O) groups excluding carboxylic acids is 1. The van der Waals surface area contributed by atoms with E-state index in [2.05, 4.69) is 12.2 Å². The molecule has 0 aromatic heterocycles. The lowest BCUT2D eigenvalue weighted by Crippen LogP contribution is -1.84. The van der Waals surface area contributed by atoms with Crippen LogP contribution in [0.3, 0.4) is 0 Å². The largest absolute Gasteiger partial charge is 0.298 e. The van der Waals surface area contributed by atoms with Gasteiger partial charge in [-0.15, -0.1) is 0 Å². The van der Waals surface area contributed by atoms with Crippen LogP contribution in [0.4, 0.5) is 0 Å². The lowest BCUT2D eigenvalue weighted by Gasteiger charge is -1.96. The molecule has 1 aromatic carbocycles. The van der Waals surface area contributed by atoms with E-state index in [-0.39, 0.29) is 0 Å². The van der Waals surface area contributed by atoms with Gasteiger partial charge in [0.05, 0.1) is 0 Å². The first kappa shape index (κ1) is 8.24.